The zero-order valence-electron chi connectivity index (χ0n) is 12.5. The average molecular weight is 296 g/mol. The van der Waals surface area contributed by atoms with Crippen molar-refractivity contribution in [1.29, 1.82) is 0 Å². The highest BCUT2D eigenvalue weighted by molar-refractivity contribution is 5.88. The normalized spacial score (nSPS) is 14.0. The summed E-state index contributed by atoms with van der Waals surface area (Å²) in [6.45, 7) is 0.472. The second-order valence-electron chi connectivity index (χ2n) is 5.01. The molecule has 0 spiro atoms. The van der Waals surface area contributed by atoms with Crippen molar-refractivity contribution >= 4 is 11.9 Å². The van der Waals surface area contributed by atoms with E-state index in [-0.39, 0.29) is 18.1 Å². The summed E-state index contributed by atoms with van der Waals surface area (Å²) in [5, 5.41) is 7.73. The van der Waals surface area contributed by atoms with E-state index < -0.39 is 5.97 Å². The molecule has 1 aliphatic rings. The molecule has 1 aliphatic carbocycles. The monoisotopic (exact) mass is 296 g/mol. The first kappa shape index (κ1) is 15.4. The summed E-state index contributed by atoms with van der Waals surface area (Å²) in [5.74, 6) is -0.604. The lowest BCUT2D eigenvalue weighted by Crippen LogP contribution is -2.33. The maximum Gasteiger partial charge on any atom is 0.360 e. The van der Waals surface area contributed by atoms with E-state index in [4.69, 9.17) is 4.74 Å². The predicted octanol–water partition coefficient (Wildman–Crippen LogP) is -0.126. The summed E-state index contributed by atoms with van der Waals surface area (Å²) in [5.41, 5.74) is 0.692. The summed E-state index contributed by atoms with van der Waals surface area (Å²) < 4.78 is 11.2. The molecule has 1 aromatic rings. The molecule has 8 nitrogen and oxygen atoms in total. The molecule has 0 radical (unpaired) electrons. The van der Waals surface area contributed by atoms with Gasteiger partial charge < -0.3 is 14.4 Å². The van der Waals surface area contributed by atoms with Gasteiger partial charge in [-0.05, 0) is 12.8 Å². The summed E-state index contributed by atoms with van der Waals surface area (Å²) in [4.78, 5) is 25.6. The number of hydrogen-bond donors (Lipinski definition) is 0. The van der Waals surface area contributed by atoms with Gasteiger partial charge in [0.15, 0.2) is 5.69 Å². The minimum Gasteiger partial charge on any atom is -0.464 e. The Bertz CT molecular complexity index is 524. The molecule has 0 N–H and O–H groups in total. The van der Waals surface area contributed by atoms with Crippen LogP contribution in [-0.2, 0) is 27.2 Å². The zero-order valence-corrected chi connectivity index (χ0v) is 12.5. The second kappa shape index (κ2) is 6.66. The summed E-state index contributed by atoms with van der Waals surface area (Å²) >= 11 is 0. The molecule has 21 heavy (non-hydrogen) atoms. The lowest BCUT2D eigenvalue weighted by molar-refractivity contribution is -0.131. The first-order valence-electron chi connectivity index (χ1n) is 6.83. The van der Waals surface area contributed by atoms with Crippen LogP contribution in [0.15, 0.2) is 0 Å². The van der Waals surface area contributed by atoms with E-state index in [2.05, 4.69) is 15.0 Å². The van der Waals surface area contributed by atoms with E-state index in [1.807, 2.05) is 0 Å². The quantitative estimate of drug-likeness (QED) is 0.652. The van der Waals surface area contributed by atoms with Crippen molar-refractivity contribution in [3.8, 4) is 0 Å². The Balaban J connectivity index is 2.15. The number of carbonyl (C=O) groups is 2. The van der Waals surface area contributed by atoms with Gasteiger partial charge in [0.1, 0.15) is 6.54 Å². The SMILES string of the molecule is COCCc1c(C(=O)OC)nnn1CC(=O)N(C)C1CC1. The molecule has 0 atom stereocenters. The van der Waals surface area contributed by atoms with Crippen LogP contribution in [0.3, 0.4) is 0 Å². The maximum absolute atomic E-state index is 12.2. The molecule has 8 heteroatoms. The van der Waals surface area contributed by atoms with Crippen LogP contribution < -0.4 is 0 Å². The van der Waals surface area contributed by atoms with Crippen molar-refractivity contribution in [2.75, 3.05) is 27.9 Å². The number of carbonyl (C=O) groups excluding carboxylic acids is 2. The fourth-order valence-corrected chi connectivity index (χ4v) is 2.07. The van der Waals surface area contributed by atoms with Gasteiger partial charge in [-0.1, -0.05) is 5.21 Å². The lowest BCUT2D eigenvalue weighted by Gasteiger charge is -2.16. The number of rotatable bonds is 7. The number of likely N-dealkylation sites (N-methyl/N-ethyl adjacent to an activating group) is 1. The van der Waals surface area contributed by atoms with Crippen molar-refractivity contribution in [3.05, 3.63) is 11.4 Å². The van der Waals surface area contributed by atoms with Gasteiger partial charge in [0, 0.05) is 26.6 Å². The third-order valence-corrected chi connectivity index (χ3v) is 3.53. The predicted molar refractivity (Wildman–Crippen MR) is 72.7 cm³/mol. The van der Waals surface area contributed by atoms with Crippen LogP contribution >= 0.6 is 0 Å². The first-order valence-corrected chi connectivity index (χ1v) is 6.83. The Morgan fingerprint density at radius 3 is 2.67 bits per heavy atom. The molecule has 1 amide bonds. The molecule has 0 aromatic carbocycles. The van der Waals surface area contributed by atoms with Gasteiger partial charge in [0.25, 0.3) is 0 Å². The van der Waals surface area contributed by atoms with Crippen molar-refractivity contribution in [2.45, 2.75) is 31.8 Å². The Morgan fingerprint density at radius 1 is 1.38 bits per heavy atom. The largest absolute Gasteiger partial charge is 0.464 e. The van der Waals surface area contributed by atoms with Gasteiger partial charge in [-0.2, -0.15) is 0 Å². The van der Waals surface area contributed by atoms with Crippen molar-refractivity contribution in [1.82, 2.24) is 19.9 Å². The number of hydrogen-bond acceptors (Lipinski definition) is 6. The molecular formula is C13H20N4O4. The highest BCUT2D eigenvalue weighted by Crippen LogP contribution is 2.25. The third kappa shape index (κ3) is 3.57. The average Bonchev–Trinajstić information content (AvgIpc) is 3.26. The fraction of sp³-hybridized carbons (Fsp3) is 0.692. The smallest absolute Gasteiger partial charge is 0.360 e. The number of aromatic nitrogens is 3. The summed E-state index contributed by atoms with van der Waals surface area (Å²) in [7, 11) is 4.64. The highest BCUT2D eigenvalue weighted by Gasteiger charge is 2.30. The van der Waals surface area contributed by atoms with Gasteiger partial charge in [0.05, 0.1) is 19.4 Å². The third-order valence-electron chi connectivity index (χ3n) is 3.53. The highest BCUT2D eigenvalue weighted by atomic mass is 16.5. The van der Waals surface area contributed by atoms with Crippen LogP contribution in [0, 0.1) is 0 Å². The van der Waals surface area contributed by atoms with Gasteiger partial charge in [-0.15, -0.1) is 5.10 Å². The molecule has 1 fully saturated rings. The van der Waals surface area contributed by atoms with Crippen LogP contribution in [0.1, 0.15) is 29.0 Å². The Morgan fingerprint density at radius 2 is 2.10 bits per heavy atom. The van der Waals surface area contributed by atoms with E-state index >= 15 is 0 Å². The van der Waals surface area contributed by atoms with Gasteiger partial charge in [-0.3, -0.25) is 4.79 Å². The standard InChI is InChI=1S/C13H20N4O4/c1-16(9-4-5-9)11(18)8-17-10(6-7-20-2)12(14-15-17)13(19)21-3/h9H,4-8H2,1-3H3. The van der Waals surface area contributed by atoms with Crippen LogP contribution in [0.25, 0.3) is 0 Å². The van der Waals surface area contributed by atoms with Crippen LogP contribution in [-0.4, -0.2) is 65.7 Å². The van der Waals surface area contributed by atoms with E-state index in [1.54, 1.807) is 19.1 Å². The molecule has 1 heterocycles. The van der Waals surface area contributed by atoms with E-state index in [1.165, 1.54) is 11.8 Å². The molecule has 0 saturated heterocycles. The van der Waals surface area contributed by atoms with Crippen molar-refractivity contribution in [2.24, 2.45) is 0 Å². The maximum atomic E-state index is 12.2. The van der Waals surface area contributed by atoms with Crippen LogP contribution in [0.2, 0.25) is 0 Å². The van der Waals surface area contributed by atoms with Crippen molar-refractivity contribution < 1.29 is 19.1 Å². The van der Waals surface area contributed by atoms with Gasteiger partial charge >= 0.3 is 5.97 Å². The van der Waals surface area contributed by atoms with Gasteiger partial charge in [0.2, 0.25) is 5.91 Å². The Hall–Kier alpha value is -1.96. The molecule has 0 bridgehead atoms. The zero-order chi connectivity index (χ0) is 15.4. The lowest BCUT2D eigenvalue weighted by atomic mass is 10.2. The van der Waals surface area contributed by atoms with E-state index in [9.17, 15) is 9.59 Å². The molecule has 116 valence electrons. The topological polar surface area (TPSA) is 86.5 Å². The molecule has 0 aliphatic heterocycles. The Kier molecular flexibility index (Phi) is 4.89. The minimum atomic E-state index is -0.560. The number of ether oxygens (including phenoxy) is 2. The first-order chi connectivity index (χ1) is 10.1. The molecular weight excluding hydrogens is 276 g/mol. The van der Waals surface area contributed by atoms with Crippen LogP contribution in [0.5, 0.6) is 0 Å². The minimum absolute atomic E-state index is 0.0440. The summed E-state index contributed by atoms with van der Waals surface area (Å²) in [6, 6.07) is 0.337. The molecule has 0 unspecified atom stereocenters. The summed E-state index contributed by atoms with van der Waals surface area (Å²) in [6.07, 6.45) is 2.53. The van der Waals surface area contributed by atoms with E-state index in [0.717, 1.165) is 12.8 Å². The second-order valence-corrected chi connectivity index (χ2v) is 5.01. The Labute approximate surface area is 123 Å². The number of nitrogens with zero attached hydrogens (tertiary/aromatic N) is 4. The van der Waals surface area contributed by atoms with Crippen molar-refractivity contribution in [3.63, 3.8) is 0 Å². The molecule has 1 saturated carbocycles. The number of esters is 1. The number of methoxy groups -OCH3 is 2. The molecule has 2 rings (SSSR count). The number of amides is 1. The van der Waals surface area contributed by atoms with Crippen LogP contribution in [0.4, 0.5) is 0 Å². The van der Waals surface area contributed by atoms with E-state index in [0.29, 0.717) is 24.8 Å². The molecule has 1 aromatic heterocycles. The fourth-order valence-electron chi connectivity index (χ4n) is 2.07. The van der Waals surface area contributed by atoms with Gasteiger partial charge in [-0.25, -0.2) is 9.48 Å².